The molecule has 1 aromatic carbocycles. The molecule has 1 fully saturated rings. The van der Waals surface area contributed by atoms with E-state index in [-0.39, 0.29) is 17.4 Å². The number of aromatic nitrogens is 1. The van der Waals surface area contributed by atoms with Gasteiger partial charge in [0, 0.05) is 30.1 Å². The molecule has 0 atom stereocenters. The molecule has 9 heteroatoms. The van der Waals surface area contributed by atoms with Crippen LogP contribution in [0.15, 0.2) is 24.3 Å². The predicted octanol–water partition coefficient (Wildman–Crippen LogP) is 2.42. The molecule has 2 amide bonds. The van der Waals surface area contributed by atoms with Crippen LogP contribution >= 0.6 is 0 Å². The summed E-state index contributed by atoms with van der Waals surface area (Å²) in [6.07, 6.45) is -4.79. The third-order valence-corrected chi connectivity index (χ3v) is 4.15. The van der Waals surface area contributed by atoms with Crippen LogP contribution in [0.2, 0.25) is 0 Å². The van der Waals surface area contributed by atoms with Crippen molar-refractivity contribution in [2.45, 2.75) is 25.7 Å². The Balaban J connectivity index is 1.91. The number of H-pyrrole nitrogens is 1. The van der Waals surface area contributed by atoms with Crippen LogP contribution in [-0.2, 0) is 4.79 Å². The molecule has 0 spiro atoms. The number of benzene rings is 1. The van der Waals surface area contributed by atoms with E-state index in [1.807, 2.05) is 0 Å². The fourth-order valence-corrected chi connectivity index (χ4v) is 2.82. The maximum absolute atomic E-state index is 12.7. The molecule has 1 saturated heterocycles. The number of halogens is 3. The molecule has 1 aliphatic heterocycles. The molecule has 0 aliphatic carbocycles. The van der Waals surface area contributed by atoms with Gasteiger partial charge in [0.05, 0.1) is 0 Å². The second-order valence-electron chi connectivity index (χ2n) is 6.25. The highest BCUT2D eigenvalue weighted by molar-refractivity contribution is 6.01. The molecule has 1 aliphatic rings. The van der Waals surface area contributed by atoms with Gasteiger partial charge in [-0.1, -0.05) is 0 Å². The zero-order chi connectivity index (χ0) is 18.4. The number of alkyl halides is 3. The van der Waals surface area contributed by atoms with Crippen molar-refractivity contribution in [1.82, 2.24) is 15.2 Å². The molecule has 2 aromatic rings. The first-order valence-electron chi connectivity index (χ1n) is 7.57. The lowest BCUT2D eigenvalue weighted by Crippen LogP contribution is -2.63. The van der Waals surface area contributed by atoms with Gasteiger partial charge in [-0.2, -0.15) is 0 Å². The van der Waals surface area contributed by atoms with Gasteiger partial charge in [-0.3, -0.25) is 9.59 Å². The van der Waals surface area contributed by atoms with Gasteiger partial charge in [0.15, 0.2) is 0 Å². The largest absolute Gasteiger partial charge is 0.573 e. The smallest absolute Gasteiger partial charge is 0.406 e. The minimum atomic E-state index is -4.79. The number of amides is 2. The normalized spacial score (nSPS) is 17.5. The number of carbonyl (C=O) groups excluding carboxylic acids is 2. The van der Waals surface area contributed by atoms with Crippen LogP contribution in [0, 0.1) is 0 Å². The SMILES string of the molecule is CC1(C)C(=O)NCCN1C(=O)c1cc2ccc(OC(F)(F)F)cc2[nH]1. The molecule has 0 saturated carbocycles. The zero-order valence-electron chi connectivity index (χ0n) is 13.5. The Labute approximate surface area is 140 Å². The summed E-state index contributed by atoms with van der Waals surface area (Å²) in [6, 6.07) is 5.32. The first-order valence-corrected chi connectivity index (χ1v) is 7.57. The van der Waals surface area contributed by atoms with Gasteiger partial charge in [0.1, 0.15) is 17.0 Å². The summed E-state index contributed by atoms with van der Waals surface area (Å²) in [5.74, 6) is -1.03. The quantitative estimate of drug-likeness (QED) is 0.869. The van der Waals surface area contributed by atoms with Gasteiger partial charge >= 0.3 is 6.36 Å². The average molecular weight is 355 g/mol. The van der Waals surface area contributed by atoms with Gasteiger partial charge in [-0.15, -0.1) is 13.2 Å². The Hall–Kier alpha value is -2.71. The zero-order valence-corrected chi connectivity index (χ0v) is 13.5. The molecule has 134 valence electrons. The van der Waals surface area contributed by atoms with Crippen molar-refractivity contribution in [3.63, 3.8) is 0 Å². The van der Waals surface area contributed by atoms with Crippen LogP contribution in [-0.4, -0.2) is 46.7 Å². The van der Waals surface area contributed by atoms with Crippen molar-refractivity contribution in [3.05, 3.63) is 30.0 Å². The van der Waals surface area contributed by atoms with Gasteiger partial charge < -0.3 is 19.9 Å². The summed E-state index contributed by atoms with van der Waals surface area (Å²) in [5.41, 5.74) is -0.483. The number of piperazine rings is 1. The van der Waals surface area contributed by atoms with Crippen LogP contribution in [0.5, 0.6) is 5.75 Å². The summed E-state index contributed by atoms with van der Waals surface area (Å²) < 4.78 is 40.8. The van der Waals surface area contributed by atoms with E-state index in [0.29, 0.717) is 24.0 Å². The van der Waals surface area contributed by atoms with Crippen molar-refractivity contribution >= 4 is 22.7 Å². The highest BCUT2D eigenvalue weighted by Crippen LogP contribution is 2.28. The highest BCUT2D eigenvalue weighted by Gasteiger charge is 2.41. The molecule has 0 unspecified atom stereocenters. The van der Waals surface area contributed by atoms with Crippen LogP contribution in [0.1, 0.15) is 24.3 Å². The molecule has 2 heterocycles. The van der Waals surface area contributed by atoms with Crippen molar-refractivity contribution in [1.29, 1.82) is 0 Å². The third-order valence-electron chi connectivity index (χ3n) is 4.15. The fraction of sp³-hybridized carbons (Fsp3) is 0.375. The highest BCUT2D eigenvalue weighted by atomic mass is 19.4. The van der Waals surface area contributed by atoms with Crippen molar-refractivity contribution < 1.29 is 27.5 Å². The van der Waals surface area contributed by atoms with Crippen molar-refractivity contribution in [2.75, 3.05) is 13.1 Å². The molecule has 25 heavy (non-hydrogen) atoms. The number of hydrogen-bond acceptors (Lipinski definition) is 3. The first-order chi connectivity index (χ1) is 11.6. The number of aromatic amines is 1. The second-order valence-corrected chi connectivity index (χ2v) is 6.25. The Morgan fingerprint density at radius 3 is 2.68 bits per heavy atom. The van der Waals surface area contributed by atoms with E-state index in [0.717, 1.165) is 0 Å². The summed E-state index contributed by atoms with van der Waals surface area (Å²) >= 11 is 0. The molecule has 0 radical (unpaired) electrons. The van der Waals surface area contributed by atoms with E-state index in [4.69, 9.17) is 0 Å². The molecule has 0 bridgehead atoms. The molecular weight excluding hydrogens is 339 g/mol. The molecule has 1 aromatic heterocycles. The Bertz CT molecular complexity index is 842. The number of ether oxygens (including phenoxy) is 1. The lowest BCUT2D eigenvalue weighted by Gasteiger charge is -2.40. The predicted molar refractivity (Wildman–Crippen MR) is 83.1 cm³/mol. The summed E-state index contributed by atoms with van der Waals surface area (Å²) in [4.78, 5) is 29.0. The van der Waals surface area contributed by atoms with Crippen molar-refractivity contribution in [2.24, 2.45) is 0 Å². The van der Waals surface area contributed by atoms with E-state index in [2.05, 4.69) is 15.0 Å². The minimum absolute atomic E-state index is 0.196. The maximum Gasteiger partial charge on any atom is 0.573 e. The van der Waals surface area contributed by atoms with Gasteiger partial charge in [0.2, 0.25) is 5.91 Å². The second kappa shape index (κ2) is 5.68. The van der Waals surface area contributed by atoms with Crippen LogP contribution in [0.4, 0.5) is 13.2 Å². The average Bonchev–Trinajstić information content (AvgIpc) is 2.91. The lowest BCUT2D eigenvalue weighted by molar-refractivity contribution is -0.274. The maximum atomic E-state index is 12.7. The summed E-state index contributed by atoms with van der Waals surface area (Å²) in [5, 5.41) is 3.27. The van der Waals surface area contributed by atoms with Gasteiger partial charge in [-0.05, 0) is 32.0 Å². The lowest BCUT2D eigenvalue weighted by atomic mass is 9.98. The number of rotatable bonds is 2. The topological polar surface area (TPSA) is 74.4 Å². The summed E-state index contributed by atoms with van der Waals surface area (Å²) in [6.45, 7) is 3.96. The first kappa shape index (κ1) is 17.1. The van der Waals surface area contributed by atoms with E-state index in [9.17, 15) is 22.8 Å². The third kappa shape index (κ3) is 3.26. The van der Waals surface area contributed by atoms with Gasteiger partial charge in [0.25, 0.3) is 5.91 Å². The Morgan fingerprint density at radius 1 is 1.28 bits per heavy atom. The summed E-state index contributed by atoms with van der Waals surface area (Å²) in [7, 11) is 0. The van der Waals surface area contributed by atoms with E-state index < -0.39 is 17.8 Å². The van der Waals surface area contributed by atoms with E-state index in [1.165, 1.54) is 29.2 Å². The van der Waals surface area contributed by atoms with Crippen LogP contribution < -0.4 is 10.1 Å². The van der Waals surface area contributed by atoms with Crippen LogP contribution in [0.3, 0.4) is 0 Å². The number of nitrogens with zero attached hydrogens (tertiary/aromatic N) is 1. The Kier molecular flexibility index (Phi) is 3.89. The number of fused-ring (bicyclic) bond motifs is 1. The number of nitrogens with one attached hydrogen (secondary N) is 2. The van der Waals surface area contributed by atoms with E-state index in [1.54, 1.807) is 13.8 Å². The number of hydrogen-bond donors (Lipinski definition) is 2. The van der Waals surface area contributed by atoms with Gasteiger partial charge in [-0.25, -0.2) is 0 Å². The van der Waals surface area contributed by atoms with Crippen LogP contribution in [0.25, 0.3) is 10.9 Å². The molecule has 2 N–H and O–H groups in total. The molecule has 6 nitrogen and oxygen atoms in total. The standard InChI is InChI=1S/C16H16F3N3O3/c1-15(2)14(24)20-5-6-22(15)13(23)12-7-9-3-4-10(8-11(9)21-12)25-16(17,18)19/h3-4,7-8,21H,5-6H2,1-2H3,(H,20,24). The minimum Gasteiger partial charge on any atom is -0.406 e. The van der Waals surface area contributed by atoms with Crippen molar-refractivity contribution in [3.8, 4) is 5.75 Å². The van der Waals surface area contributed by atoms with E-state index >= 15 is 0 Å². The molecular formula is C16H16F3N3O3. The number of carbonyl (C=O) groups is 2. The Morgan fingerprint density at radius 2 is 2.00 bits per heavy atom. The monoisotopic (exact) mass is 355 g/mol. The fourth-order valence-electron chi connectivity index (χ4n) is 2.82. The molecule has 3 rings (SSSR count).